The number of benzene rings is 1. The quantitative estimate of drug-likeness (QED) is 0.399. The molecule has 4 aromatic rings. The molecule has 0 aliphatic carbocycles. The van der Waals surface area contributed by atoms with Crippen molar-refractivity contribution in [1.82, 2.24) is 25.3 Å². The number of anilines is 2. The van der Waals surface area contributed by atoms with Gasteiger partial charge in [-0.1, -0.05) is 25.1 Å². The standard InChI is InChI=1S/C23H22FN7O.H2S/c1-13(15-4-3-5-16-17(23(32)26-2)6-7-27-21(15)16)10-28-20-9-19(30-12-31-20)14-8-18(24)22(25)29-11-14;/h3-9,11-13H,10H2,1-2H3,(H2,25,29)(H,26,32)(H,28,30,31);1H2/t13-;/m1./s1. The number of rotatable bonds is 6. The molecule has 170 valence electrons. The van der Waals surface area contributed by atoms with Gasteiger partial charge >= 0.3 is 0 Å². The second-order valence-electron chi connectivity index (χ2n) is 7.34. The molecule has 0 bridgehead atoms. The minimum atomic E-state index is -0.594. The average Bonchev–Trinajstić information content (AvgIpc) is 2.83. The van der Waals surface area contributed by atoms with Crippen molar-refractivity contribution in [3.05, 3.63) is 72.1 Å². The van der Waals surface area contributed by atoms with E-state index in [0.717, 1.165) is 16.5 Å². The molecule has 0 spiro atoms. The van der Waals surface area contributed by atoms with Crippen LogP contribution in [0.15, 0.2) is 55.1 Å². The largest absolute Gasteiger partial charge is 0.381 e. The fourth-order valence-electron chi connectivity index (χ4n) is 3.50. The van der Waals surface area contributed by atoms with Crippen LogP contribution >= 0.6 is 13.5 Å². The van der Waals surface area contributed by atoms with Crippen LogP contribution in [0, 0.1) is 5.82 Å². The number of pyridine rings is 2. The minimum absolute atomic E-state index is 0. The summed E-state index contributed by atoms with van der Waals surface area (Å²) in [7, 11) is 1.61. The maximum absolute atomic E-state index is 13.8. The van der Waals surface area contributed by atoms with Crippen LogP contribution in [0.25, 0.3) is 22.2 Å². The molecule has 0 unspecified atom stereocenters. The Morgan fingerprint density at radius 1 is 1.15 bits per heavy atom. The molecule has 1 atom stereocenters. The van der Waals surface area contributed by atoms with Crippen LogP contribution in [0.1, 0.15) is 28.8 Å². The third kappa shape index (κ3) is 5.01. The van der Waals surface area contributed by atoms with Gasteiger partial charge in [0.25, 0.3) is 5.91 Å². The second-order valence-corrected chi connectivity index (χ2v) is 7.34. The molecule has 1 amide bonds. The Kier molecular flexibility index (Phi) is 7.39. The Morgan fingerprint density at radius 3 is 2.73 bits per heavy atom. The predicted molar refractivity (Wildman–Crippen MR) is 132 cm³/mol. The Balaban J connectivity index is 0.00000306. The van der Waals surface area contributed by atoms with E-state index in [9.17, 15) is 9.18 Å². The number of nitrogens with zero attached hydrogens (tertiary/aromatic N) is 4. The molecule has 0 saturated heterocycles. The summed E-state index contributed by atoms with van der Waals surface area (Å²) in [6.45, 7) is 2.63. The number of para-hydroxylation sites is 1. The van der Waals surface area contributed by atoms with Crippen molar-refractivity contribution >= 4 is 41.9 Å². The summed E-state index contributed by atoms with van der Waals surface area (Å²) in [6, 6.07) is 10.6. The lowest BCUT2D eigenvalue weighted by atomic mass is 9.96. The molecule has 10 heteroatoms. The normalized spacial score (nSPS) is 11.5. The van der Waals surface area contributed by atoms with Gasteiger partial charge in [0.15, 0.2) is 11.6 Å². The average molecular weight is 466 g/mol. The van der Waals surface area contributed by atoms with Crippen molar-refractivity contribution in [2.24, 2.45) is 0 Å². The maximum atomic E-state index is 13.8. The van der Waals surface area contributed by atoms with E-state index >= 15 is 0 Å². The smallest absolute Gasteiger partial charge is 0.251 e. The van der Waals surface area contributed by atoms with Gasteiger partial charge in [0.1, 0.15) is 12.1 Å². The molecule has 4 N–H and O–H groups in total. The highest BCUT2D eigenvalue weighted by Gasteiger charge is 2.15. The topological polar surface area (TPSA) is 119 Å². The maximum Gasteiger partial charge on any atom is 0.251 e. The highest BCUT2D eigenvalue weighted by atomic mass is 32.1. The zero-order valence-corrected chi connectivity index (χ0v) is 19.1. The second kappa shape index (κ2) is 10.2. The predicted octanol–water partition coefficient (Wildman–Crippen LogP) is 3.50. The van der Waals surface area contributed by atoms with Crippen molar-refractivity contribution in [2.75, 3.05) is 24.6 Å². The fraction of sp³-hybridized carbons (Fsp3) is 0.174. The van der Waals surface area contributed by atoms with E-state index in [2.05, 4.69) is 37.5 Å². The third-order valence-electron chi connectivity index (χ3n) is 5.23. The Morgan fingerprint density at radius 2 is 1.97 bits per heavy atom. The van der Waals surface area contributed by atoms with Crippen molar-refractivity contribution in [3.63, 3.8) is 0 Å². The van der Waals surface area contributed by atoms with Gasteiger partial charge in [-0.15, -0.1) is 0 Å². The number of nitrogens with two attached hydrogens (primary N) is 1. The summed E-state index contributed by atoms with van der Waals surface area (Å²) in [6.07, 6.45) is 4.53. The molecule has 0 radical (unpaired) electrons. The van der Waals surface area contributed by atoms with Gasteiger partial charge in [-0.2, -0.15) is 13.5 Å². The highest BCUT2D eigenvalue weighted by Crippen LogP contribution is 2.27. The van der Waals surface area contributed by atoms with Gasteiger partial charge in [0.2, 0.25) is 0 Å². The number of carbonyl (C=O) groups is 1. The van der Waals surface area contributed by atoms with Gasteiger partial charge in [0.05, 0.1) is 16.8 Å². The van der Waals surface area contributed by atoms with E-state index in [1.165, 1.54) is 18.6 Å². The lowest BCUT2D eigenvalue weighted by Gasteiger charge is -2.16. The molecule has 1 aromatic carbocycles. The number of hydrogen-bond acceptors (Lipinski definition) is 7. The minimum Gasteiger partial charge on any atom is -0.381 e. The number of hydrogen-bond donors (Lipinski definition) is 3. The number of nitrogens with one attached hydrogen (secondary N) is 2. The number of aromatic nitrogens is 4. The summed E-state index contributed by atoms with van der Waals surface area (Å²) in [5.41, 5.74) is 8.88. The lowest BCUT2D eigenvalue weighted by Crippen LogP contribution is -2.18. The molecule has 3 aromatic heterocycles. The summed E-state index contributed by atoms with van der Waals surface area (Å²) in [4.78, 5) is 29.0. The molecule has 0 saturated carbocycles. The number of nitrogen functional groups attached to an aromatic ring is 1. The summed E-state index contributed by atoms with van der Waals surface area (Å²) < 4.78 is 13.8. The lowest BCUT2D eigenvalue weighted by molar-refractivity contribution is 0.0964. The van der Waals surface area contributed by atoms with Crippen molar-refractivity contribution in [2.45, 2.75) is 12.8 Å². The molecule has 33 heavy (non-hydrogen) atoms. The summed E-state index contributed by atoms with van der Waals surface area (Å²) in [5, 5.41) is 6.77. The first-order valence-corrected chi connectivity index (χ1v) is 10.0. The zero-order chi connectivity index (χ0) is 22.7. The van der Waals surface area contributed by atoms with Crippen LogP contribution in [0.5, 0.6) is 0 Å². The third-order valence-corrected chi connectivity index (χ3v) is 5.23. The molecular formula is C23H24FN7OS. The van der Waals surface area contributed by atoms with E-state index in [1.807, 2.05) is 18.2 Å². The Labute approximate surface area is 197 Å². The van der Waals surface area contributed by atoms with Gasteiger partial charge in [0, 0.05) is 48.9 Å². The number of carbonyl (C=O) groups excluding carboxylic acids is 1. The molecule has 3 heterocycles. The molecule has 4 rings (SSSR count). The highest BCUT2D eigenvalue weighted by molar-refractivity contribution is 7.59. The molecule has 0 fully saturated rings. The number of fused-ring (bicyclic) bond motifs is 1. The summed E-state index contributed by atoms with van der Waals surface area (Å²) >= 11 is 0. The van der Waals surface area contributed by atoms with Crippen molar-refractivity contribution in [3.8, 4) is 11.3 Å². The van der Waals surface area contributed by atoms with E-state index in [-0.39, 0.29) is 31.1 Å². The van der Waals surface area contributed by atoms with E-state index in [4.69, 9.17) is 5.73 Å². The van der Waals surface area contributed by atoms with E-state index in [1.54, 1.807) is 25.4 Å². The first-order chi connectivity index (χ1) is 15.5. The summed E-state index contributed by atoms with van der Waals surface area (Å²) in [5.74, 6) is -0.233. The van der Waals surface area contributed by atoms with Gasteiger partial charge < -0.3 is 16.4 Å². The number of halogens is 1. The molecule has 8 nitrogen and oxygen atoms in total. The van der Waals surface area contributed by atoms with Crippen LogP contribution in [-0.4, -0.2) is 39.4 Å². The van der Waals surface area contributed by atoms with Crippen molar-refractivity contribution < 1.29 is 9.18 Å². The monoisotopic (exact) mass is 465 g/mol. The number of amides is 1. The van der Waals surface area contributed by atoms with Gasteiger partial charge in [-0.3, -0.25) is 9.78 Å². The van der Waals surface area contributed by atoms with Crippen LogP contribution in [0.3, 0.4) is 0 Å². The Hall–Kier alpha value is -3.79. The zero-order valence-electron chi connectivity index (χ0n) is 18.1. The van der Waals surface area contributed by atoms with Crippen LogP contribution in [0.4, 0.5) is 16.0 Å². The van der Waals surface area contributed by atoms with Crippen molar-refractivity contribution in [1.29, 1.82) is 0 Å². The van der Waals surface area contributed by atoms with Crippen LogP contribution in [-0.2, 0) is 0 Å². The van der Waals surface area contributed by atoms with E-state index in [0.29, 0.717) is 29.2 Å². The van der Waals surface area contributed by atoms with Crippen LogP contribution < -0.4 is 16.4 Å². The van der Waals surface area contributed by atoms with Crippen LogP contribution in [0.2, 0.25) is 0 Å². The Bertz CT molecular complexity index is 1300. The molecular weight excluding hydrogens is 441 g/mol. The van der Waals surface area contributed by atoms with Gasteiger partial charge in [-0.25, -0.2) is 19.3 Å². The first-order valence-electron chi connectivity index (χ1n) is 10.0. The van der Waals surface area contributed by atoms with Gasteiger partial charge in [-0.05, 0) is 17.7 Å². The first kappa shape index (κ1) is 23.9. The SMILES string of the molecule is CNC(=O)c1ccnc2c([C@H](C)CNc3cc(-c4cnc(N)c(F)c4)ncn3)cccc12.S. The van der Waals surface area contributed by atoms with E-state index < -0.39 is 5.82 Å². The molecule has 0 aliphatic rings. The molecule has 0 aliphatic heterocycles. The fourth-order valence-corrected chi connectivity index (χ4v) is 3.50.